The van der Waals surface area contributed by atoms with Gasteiger partial charge in [-0.05, 0) is 66.6 Å². The van der Waals surface area contributed by atoms with Crippen molar-refractivity contribution in [1.82, 2.24) is 9.88 Å². The number of methoxy groups -OCH3 is 1. The summed E-state index contributed by atoms with van der Waals surface area (Å²) >= 11 is 6.55. The molecule has 1 aromatic heterocycles. The van der Waals surface area contributed by atoms with E-state index in [0.717, 1.165) is 54.2 Å². The number of benzene rings is 3. The number of carbonyl (C=O) groups is 1. The molecule has 2 heterocycles. The van der Waals surface area contributed by atoms with Gasteiger partial charge in [-0.2, -0.15) is 0 Å². The van der Waals surface area contributed by atoms with E-state index in [4.69, 9.17) is 16.3 Å². The number of nitrogens with zero attached hydrogens (tertiary/aromatic N) is 1. The number of aromatic amines is 1. The summed E-state index contributed by atoms with van der Waals surface area (Å²) in [4.78, 5) is 19.1. The maximum Gasteiger partial charge on any atom is 0.253 e. The van der Waals surface area contributed by atoms with Gasteiger partial charge in [-0.25, -0.2) is 0 Å². The SMILES string of the molecule is COc1cccc(C23CCN(C(=O)c4ccccc4)CC2Cc2c([nH]c4c(Cl)cccc24)C3)c1. The molecule has 1 amide bonds. The molecule has 0 radical (unpaired) electrons. The number of carbonyl (C=O) groups excluding carboxylic acids is 1. The Morgan fingerprint density at radius 2 is 1.91 bits per heavy atom. The second-order valence-electron chi connectivity index (χ2n) is 9.58. The maximum absolute atomic E-state index is 13.4. The molecule has 2 aliphatic rings. The maximum atomic E-state index is 13.4. The van der Waals surface area contributed by atoms with Gasteiger partial charge in [0.05, 0.1) is 17.6 Å². The molecule has 6 rings (SSSR count). The summed E-state index contributed by atoms with van der Waals surface area (Å²) in [5.74, 6) is 1.29. The van der Waals surface area contributed by atoms with Crippen LogP contribution in [0.15, 0.2) is 72.8 Å². The molecule has 34 heavy (non-hydrogen) atoms. The Morgan fingerprint density at radius 1 is 1.09 bits per heavy atom. The van der Waals surface area contributed by atoms with Crippen LogP contribution in [0.25, 0.3) is 10.9 Å². The molecular formula is C29H27ClN2O2. The quantitative estimate of drug-likeness (QED) is 0.397. The lowest BCUT2D eigenvalue weighted by Gasteiger charge is -2.51. The zero-order valence-corrected chi connectivity index (χ0v) is 19.9. The van der Waals surface area contributed by atoms with Crippen molar-refractivity contribution in [3.8, 4) is 5.75 Å². The number of ether oxygens (including phenoxy) is 1. The molecule has 2 atom stereocenters. The average Bonchev–Trinajstić information content (AvgIpc) is 3.25. The monoisotopic (exact) mass is 470 g/mol. The van der Waals surface area contributed by atoms with Gasteiger partial charge in [0.1, 0.15) is 5.75 Å². The Bertz CT molecular complexity index is 1380. The zero-order chi connectivity index (χ0) is 23.3. The highest BCUT2D eigenvalue weighted by atomic mass is 35.5. The van der Waals surface area contributed by atoms with Gasteiger partial charge in [0.25, 0.3) is 5.91 Å². The van der Waals surface area contributed by atoms with Crippen molar-refractivity contribution in [2.45, 2.75) is 24.7 Å². The highest BCUT2D eigenvalue weighted by Gasteiger charge is 2.49. The normalized spacial score (nSPS) is 21.7. The van der Waals surface area contributed by atoms with Crippen LogP contribution in [0.2, 0.25) is 5.02 Å². The van der Waals surface area contributed by atoms with Crippen molar-refractivity contribution in [1.29, 1.82) is 0 Å². The van der Waals surface area contributed by atoms with E-state index < -0.39 is 0 Å². The fourth-order valence-electron chi connectivity index (χ4n) is 6.16. The third-order valence-corrected chi connectivity index (χ3v) is 8.24. The Kier molecular flexibility index (Phi) is 5.14. The van der Waals surface area contributed by atoms with Crippen LogP contribution in [0.4, 0.5) is 0 Å². The minimum atomic E-state index is -0.0671. The van der Waals surface area contributed by atoms with E-state index in [2.05, 4.69) is 29.2 Å². The first kappa shape index (κ1) is 21.3. The Morgan fingerprint density at radius 3 is 2.74 bits per heavy atom. The summed E-state index contributed by atoms with van der Waals surface area (Å²) in [6, 6.07) is 24.2. The Labute approximate surface area is 204 Å². The number of likely N-dealkylation sites (tertiary alicyclic amines) is 1. The second-order valence-corrected chi connectivity index (χ2v) is 9.98. The smallest absolute Gasteiger partial charge is 0.253 e. The Balaban J connectivity index is 1.44. The van der Waals surface area contributed by atoms with Crippen LogP contribution in [0.3, 0.4) is 0 Å². The molecule has 0 saturated carbocycles. The summed E-state index contributed by atoms with van der Waals surface area (Å²) in [7, 11) is 1.72. The number of aromatic nitrogens is 1. The van der Waals surface area contributed by atoms with Gasteiger partial charge in [0.2, 0.25) is 0 Å². The predicted octanol–water partition coefficient (Wildman–Crippen LogP) is 6.03. The molecule has 0 spiro atoms. The highest BCUT2D eigenvalue weighted by molar-refractivity contribution is 6.35. The summed E-state index contributed by atoms with van der Waals surface area (Å²) in [6.07, 6.45) is 2.72. The van der Waals surface area contributed by atoms with Crippen molar-refractivity contribution < 1.29 is 9.53 Å². The number of hydrogen-bond acceptors (Lipinski definition) is 2. The highest BCUT2D eigenvalue weighted by Crippen LogP contribution is 2.50. The summed E-state index contributed by atoms with van der Waals surface area (Å²) in [5.41, 5.74) is 5.61. The summed E-state index contributed by atoms with van der Waals surface area (Å²) in [6.45, 7) is 1.47. The molecule has 1 N–H and O–H groups in total. The first-order valence-electron chi connectivity index (χ1n) is 11.9. The van der Waals surface area contributed by atoms with Crippen molar-refractivity contribution in [3.63, 3.8) is 0 Å². The van der Waals surface area contributed by atoms with Crippen LogP contribution in [-0.2, 0) is 18.3 Å². The van der Waals surface area contributed by atoms with E-state index in [9.17, 15) is 4.79 Å². The van der Waals surface area contributed by atoms with Crippen molar-refractivity contribution in [2.24, 2.45) is 5.92 Å². The van der Waals surface area contributed by atoms with Gasteiger partial charge in [-0.3, -0.25) is 4.79 Å². The number of fused-ring (bicyclic) bond motifs is 4. The van der Waals surface area contributed by atoms with E-state index >= 15 is 0 Å². The topological polar surface area (TPSA) is 45.3 Å². The van der Waals surface area contributed by atoms with E-state index in [1.54, 1.807) is 7.11 Å². The lowest BCUT2D eigenvalue weighted by atomic mass is 9.58. The number of nitrogens with one attached hydrogen (secondary N) is 1. The van der Waals surface area contributed by atoms with Gasteiger partial charge >= 0.3 is 0 Å². The molecule has 1 saturated heterocycles. The van der Waals surface area contributed by atoms with Gasteiger partial charge in [0, 0.05) is 35.1 Å². The van der Waals surface area contributed by atoms with Gasteiger partial charge in [-0.15, -0.1) is 0 Å². The molecular weight excluding hydrogens is 444 g/mol. The van der Waals surface area contributed by atoms with Gasteiger partial charge in [-0.1, -0.05) is 54.1 Å². The molecule has 4 nitrogen and oxygen atoms in total. The molecule has 3 aromatic carbocycles. The van der Waals surface area contributed by atoms with Crippen molar-refractivity contribution in [3.05, 3.63) is 100 Å². The van der Waals surface area contributed by atoms with E-state index in [-0.39, 0.29) is 11.3 Å². The third-order valence-electron chi connectivity index (χ3n) is 7.92. The standard InChI is InChI=1S/C29H27ClN2O2/c1-34-22-10-5-9-20(15-22)29-13-14-32(28(33)19-7-3-2-4-8-19)18-21(29)16-24-23-11-6-12-25(30)27(23)31-26(24)17-29/h2-12,15,21,31H,13-14,16-18H2,1H3. The summed E-state index contributed by atoms with van der Waals surface area (Å²) in [5, 5.41) is 1.96. The number of H-pyrrole nitrogens is 1. The molecule has 0 bridgehead atoms. The number of rotatable bonds is 3. The summed E-state index contributed by atoms with van der Waals surface area (Å²) < 4.78 is 5.58. The fraction of sp³-hybridized carbons (Fsp3) is 0.276. The first-order valence-corrected chi connectivity index (χ1v) is 12.2. The van der Waals surface area contributed by atoms with Crippen LogP contribution in [0.5, 0.6) is 5.75 Å². The zero-order valence-electron chi connectivity index (χ0n) is 19.2. The predicted molar refractivity (Wildman–Crippen MR) is 136 cm³/mol. The molecule has 4 aromatic rings. The molecule has 1 aliphatic carbocycles. The van der Waals surface area contributed by atoms with Crippen LogP contribution in [0.1, 0.15) is 33.6 Å². The number of para-hydroxylation sites is 1. The number of piperidine rings is 1. The van der Waals surface area contributed by atoms with E-state index in [1.165, 1.54) is 22.2 Å². The first-order chi connectivity index (χ1) is 16.6. The van der Waals surface area contributed by atoms with E-state index in [1.807, 2.05) is 53.4 Å². The second kappa shape index (κ2) is 8.21. The molecule has 1 fully saturated rings. The molecule has 172 valence electrons. The number of halogens is 1. The lowest BCUT2D eigenvalue weighted by molar-refractivity contribution is 0.0501. The Hall–Kier alpha value is -3.24. The minimum Gasteiger partial charge on any atom is -0.497 e. The van der Waals surface area contributed by atoms with Crippen LogP contribution >= 0.6 is 11.6 Å². The van der Waals surface area contributed by atoms with Gasteiger partial charge < -0.3 is 14.6 Å². The van der Waals surface area contributed by atoms with Gasteiger partial charge in [0.15, 0.2) is 0 Å². The van der Waals surface area contributed by atoms with E-state index in [0.29, 0.717) is 5.92 Å². The molecule has 1 aliphatic heterocycles. The van der Waals surface area contributed by atoms with Crippen LogP contribution in [0, 0.1) is 5.92 Å². The van der Waals surface area contributed by atoms with Crippen molar-refractivity contribution in [2.75, 3.05) is 20.2 Å². The minimum absolute atomic E-state index is 0.0671. The van der Waals surface area contributed by atoms with Crippen LogP contribution in [-0.4, -0.2) is 36.0 Å². The molecule has 5 heteroatoms. The largest absolute Gasteiger partial charge is 0.497 e. The number of hydrogen-bond donors (Lipinski definition) is 1. The average molecular weight is 471 g/mol. The number of amides is 1. The molecule has 2 unspecified atom stereocenters. The van der Waals surface area contributed by atoms with Crippen molar-refractivity contribution >= 4 is 28.4 Å². The fourth-order valence-corrected chi connectivity index (χ4v) is 6.39. The lowest BCUT2D eigenvalue weighted by Crippen LogP contribution is -2.55. The van der Waals surface area contributed by atoms with Crippen LogP contribution < -0.4 is 4.74 Å². The third kappa shape index (κ3) is 3.32.